The summed E-state index contributed by atoms with van der Waals surface area (Å²) in [5, 5.41) is 13.8. The second kappa shape index (κ2) is 8.10. The normalized spacial score (nSPS) is 13.0. The zero-order valence-electron chi connectivity index (χ0n) is 17.8. The van der Waals surface area contributed by atoms with E-state index in [0.717, 1.165) is 22.3 Å². The molecule has 3 heterocycles. The molecule has 0 aliphatic carbocycles. The molecule has 0 spiro atoms. The van der Waals surface area contributed by atoms with Crippen molar-refractivity contribution >= 4 is 11.8 Å². The lowest BCUT2D eigenvalue weighted by atomic mass is 9.96. The van der Waals surface area contributed by atoms with Crippen LogP contribution in [0.4, 0.5) is 0 Å². The summed E-state index contributed by atoms with van der Waals surface area (Å²) in [6.07, 6.45) is 1.67. The van der Waals surface area contributed by atoms with Gasteiger partial charge >= 0.3 is 0 Å². The molecule has 0 bridgehead atoms. The van der Waals surface area contributed by atoms with Crippen LogP contribution < -0.4 is 0 Å². The van der Waals surface area contributed by atoms with Crippen LogP contribution in [0.3, 0.4) is 0 Å². The van der Waals surface area contributed by atoms with Crippen molar-refractivity contribution in [3.05, 3.63) is 65.7 Å². The Balaban J connectivity index is 1.66. The topological polar surface area (TPSA) is 82.8 Å². The zero-order chi connectivity index (χ0) is 21.3. The third-order valence-corrected chi connectivity index (χ3v) is 5.70. The molecule has 0 saturated heterocycles. The van der Waals surface area contributed by atoms with Gasteiger partial charge in [0, 0.05) is 11.0 Å². The van der Waals surface area contributed by atoms with E-state index in [0.29, 0.717) is 18.3 Å². The lowest BCUT2D eigenvalue weighted by Crippen LogP contribution is -2.13. The van der Waals surface area contributed by atoms with Crippen molar-refractivity contribution in [3.63, 3.8) is 0 Å². The summed E-state index contributed by atoms with van der Waals surface area (Å²) in [4.78, 5) is 4.58. The largest absolute Gasteiger partial charge is 0.467 e. The van der Waals surface area contributed by atoms with E-state index in [2.05, 4.69) is 64.7 Å². The van der Waals surface area contributed by atoms with Crippen molar-refractivity contribution in [1.29, 1.82) is 0 Å². The lowest BCUT2D eigenvalue weighted by Gasteiger charge is -2.12. The van der Waals surface area contributed by atoms with Crippen LogP contribution in [-0.2, 0) is 12.0 Å². The van der Waals surface area contributed by atoms with Gasteiger partial charge in [0.05, 0.1) is 18.1 Å². The summed E-state index contributed by atoms with van der Waals surface area (Å²) in [6, 6.07) is 12.1. The molecular weight excluding hydrogens is 398 g/mol. The Morgan fingerprint density at radius 1 is 1.13 bits per heavy atom. The van der Waals surface area contributed by atoms with Gasteiger partial charge in [-0.05, 0) is 32.0 Å². The quantitative estimate of drug-likeness (QED) is 0.382. The van der Waals surface area contributed by atoms with Gasteiger partial charge in [-0.2, -0.15) is 4.98 Å². The Kier molecular flexibility index (Phi) is 5.51. The molecule has 30 heavy (non-hydrogen) atoms. The standard InChI is InChI=1S/C22H25N5O2S/c1-14-8-6-9-16(12-14)18-24-25-21(27(18)13-17-10-7-11-28-17)30-15(2)19-23-20(26-29-19)22(3,4)5/h6-12,15H,13H2,1-5H3. The molecule has 0 fully saturated rings. The van der Waals surface area contributed by atoms with Crippen molar-refractivity contribution in [2.75, 3.05) is 0 Å². The van der Waals surface area contributed by atoms with Crippen LogP contribution in [0.15, 0.2) is 56.8 Å². The maximum absolute atomic E-state index is 5.58. The summed E-state index contributed by atoms with van der Waals surface area (Å²) < 4.78 is 13.2. The SMILES string of the molecule is Cc1cccc(-c2nnc(SC(C)c3nc(C(C)(C)C)no3)n2Cc2ccco2)c1. The van der Waals surface area contributed by atoms with E-state index < -0.39 is 0 Å². The predicted molar refractivity (Wildman–Crippen MR) is 115 cm³/mol. The van der Waals surface area contributed by atoms with E-state index in [4.69, 9.17) is 8.94 Å². The maximum atomic E-state index is 5.58. The third kappa shape index (κ3) is 4.33. The molecule has 1 unspecified atom stereocenters. The molecule has 0 aliphatic rings. The lowest BCUT2D eigenvalue weighted by molar-refractivity contribution is 0.364. The zero-order valence-corrected chi connectivity index (χ0v) is 18.6. The summed E-state index contributed by atoms with van der Waals surface area (Å²) in [5.41, 5.74) is 2.02. The highest BCUT2D eigenvalue weighted by Gasteiger charge is 2.25. The first-order valence-electron chi connectivity index (χ1n) is 9.84. The van der Waals surface area contributed by atoms with Gasteiger partial charge in [0.2, 0.25) is 5.89 Å². The van der Waals surface area contributed by atoms with Gasteiger partial charge < -0.3 is 8.94 Å². The summed E-state index contributed by atoms with van der Waals surface area (Å²) in [5.74, 6) is 2.91. The van der Waals surface area contributed by atoms with Crippen molar-refractivity contribution in [2.24, 2.45) is 0 Å². The van der Waals surface area contributed by atoms with Gasteiger partial charge in [-0.25, -0.2) is 0 Å². The Morgan fingerprint density at radius 2 is 1.97 bits per heavy atom. The minimum atomic E-state index is -0.163. The van der Waals surface area contributed by atoms with E-state index in [1.54, 1.807) is 18.0 Å². The molecule has 156 valence electrons. The molecule has 0 saturated carbocycles. The van der Waals surface area contributed by atoms with Gasteiger partial charge in [0.15, 0.2) is 16.8 Å². The number of rotatable bonds is 6. The molecule has 1 aromatic carbocycles. The maximum Gasteiger partial charge on any atom is 0.239 e. The van der Waals surface area contributed by atoms with E-state index in [1.807, 2.05) is 31.2 Å². The van der Waals surface area contributed by atoms with E-state index in [1.165, 1.54) is 5.56 Å². The van der Waals surface area contributed by atoms with Crippen LogP contribution in [0.1, 0.15) is 56.0 Å². The number of furan rings is 1. The Hall–Kier alpha value is -2.87. The molecular formula is C22H25N5O2S. The van der Waals surface area contributed by atoms with E-state index >= 15 is 0 Å². The molecule has 0 aliphatic heterocycles. The minimum Gasteiger partial charge on any atom is -0.467 e. The highest BCUT2D eigenvalue weighted by atomic mass is 32.2. The number of hydrogen-bond acceptors (Lipinski definition) is 7. The van der Waals surface area contributed by atoms with Crippen LogP contribution >= 0.6 is 11.8 Å². The molecule has 4 aromatic rings. The molecule has 7 nitrogen and oxygen atoms in total. The monoisotopic (exact) mass is 423 g/mol. The second-order valence-electron chi connectivity index (χ2n) is 8.31. The molecule has 8 heteroatoms. The molecule has 3 aromatic heterocycles. The fraction of sp³-hybridized carbons (Fsp3) is 0.364. The first kappa shape index (κ1) is 20.4. The molecule has 0 radical (unpaired) electrons. The van der Waals surface area contributed by atoms with Gasteiger partial charge in [-0.15, -0.1) is 10.2 Å². The van der Waals surface area contributed by atoms with Crippen LogP contribution in [0.25, 0.3) is 11.4 Å². The Labute approximate surface area is 179 Å². The molecule has 4 rings (SSSR count). The first-order chi connectivity index (χ1) is 14.3. The fourth-order valence-electron chi connectivity index (χ4n) is 2.99. The van der Waals surface area contributed by atoms with Gasteiger partial charge in [0.1, 0.15) is 5.76 Å². The molecule has 1 atom stereocenters. The van der Waals surface area contributed by atoms with Crippen molar-refractivity contribution in [3.8, 4) is 11.4 Å². The molecule has 0 N–H and O–H groups in total. The predicted octanol–water partition coefficient (Wildman–Crippen LogP) is 5.43. The smallest absolute Gasteiger partial charge is 0.239 e. The highest BCUT2D eigenvalue weighted by Crippen LogP contribution is 2.36. The van der Waals surface area contributed by atoms with Crippen LogP contribution in [-0.4, -0.2) is 24.9 Å². The van der Waals surface area contributed by atoms with Crippen molar-refractivity contribution < 1.29 is 8.94 Å². The number of hydrogen-bond donors (Lipinski definition) is 0. The minimum absolute atomic E-state index is 0.0708. The van der Waals surface area contributed by atoms with Crippen LogP contribution in [0.5, 0.6) is 0 Å². The van der Waals surface area contributed by atoms with Gasteiger partial charge in [-0.3, -0.25) is 4.57 Å². The van der Waals surface area contributed by atoms with Crippen LogP contribution in [0.2, 0.25) is 0 Å². The summed E-state index contributed by atoms with van der Waals surface area (Å²) in [7, 11) is 0. The van der Waals surface area contributed by atoms with Crippen molar-refractivity contribution in [2.45, 2.75) is 57.0 Å². The van der Waals surface area contributed by atoms with Crippen LogP contribution in [0, 0.1) is 6.92 Å². The number of aromatic nitrogens is 5. The summed E-state index contributed by atoms with van der Waals surface area (Å²) >= 11 is 1.54. The number of thioether (sulfide) groups is 1. The number of nitrogens with zero attached hydrogens (tertiary/aromatic N) is 5. The second-order valence-corrected chi connectivity index (χ2v) is 9.62. The van der Waals surface area contributed by atoms with E-state index in [-0.39, 0.29) is 10.7 Å². The third-order valence-electron chi connectivity index (χ3n) is 4.63. The highest BCUT2D eigenvalue weighted by molar-refractivity contribution is 7.99. The Bertz CT molecular complexity index is 1120. The number of benzene rings is 1. The Morgan fingerprint density at radius 3 is 2.63 bits per heavy atom. The average molecular weight is 424 g/mol. The van der Waals surface area contributed by atoms with Gasteiger partial charge in [0.25, 0.3) is 0 Å². The van der Waals surface area contributed by atoms with E-state index in [9.17, 15) is 0 Å². The average Bonchev–Trinajstić information content (AvgIpc) is 3.43. The van der Waals surface area contributed by atoms with Crippen molar-refractivity contribution in [1.82, 2.24) is 24.9 Å². The van der Waals surface area contributed by atoms with Gasteiger partial charge in [-0.1, -0.05) is 61.5 Å². The molecule has 0 amide bonds. The number of aryl methyl sites for hydroxylation is 1. The first-order valence-corrected chi connectivity index (χ1v) is 10.7. The fourth-order valence-corrected chi connectivity index (χ4v) is 3.87. The summed E-state index contributed by atoms with van der Waals surface area (Å²) in [6.45, 7) is 10.8.